The molecule has 2 saturated carbocycles. The van der Waals surface area contributed by atoms with Gasteiger partial charge in [-0.2, -0.15) is 5.10 Å². The molecule has 3 rings (SSSR count). The number of nitrogens with one attached hydrogen (secondary N) is 1. The van der Waals surface area contributed by atoms with Crippen LogP contribution >= 0.6 is 0 Å². The molecule has 0 bridgehead atoms. The Kier molecular flexibility index (Phi) is 2.90. The monoisotopic (exact) mass is 250 g/mol. The Morgan fingerprint density at radius 2 is 2.17 bits per heavy atom. The number of rotatable bonds is 4. The van der Waals surface area contributed by atoms with Crippen LogP contribution in [0.3, 0.4) is 0 Å². The van der Waals surface area contributed by atoms with Crippen molar-refractivity contribution in [3.05, 3.63) is 11.6 Å². The second-order valence-electron chi connectivity index (χ2n) is 5.90. The second-order valence-corrected chi connectivity index (χ2v) is 5.90. The molecule has 0 saturated heterocycles. The fourth-order valence-corrected chi connectivity index (χ4v) is 3.17. The minimum absolute atomic E-state index is 0.0852. The van der Waals surface area contributed by atoms with E-state index < -0.39 is 0 Å². The van der Waals surface area contributed by atoms with Gasteiger partial charge in [0.15, 0.2) is 0 Å². The molecule has 2 aliphatic carbocycles. The van der Waals surface area contributed by atoms with Crippen LogP contribution in [-0.2, 0) is 0 Å². The van der Waals surface area contributed by atoms with E-state index in [1.165, 1.54) is 12.8 Å². The minimum Gasteiger partial charge on any atom is -0.394 e. The summed E-state index contributed by atoms with van der Waals surface area (Å²) in [5.41, 5.74) is -0.0852. The molecule has 18 heavy (non-hydrogen) atoms. The summed E-state index contributed by atoms with van der Waals surface area (Å²) in [5, 5.41) is 17.8. The van der Waals surface area contributed by atoms with Gasteiger partial charge in [-0.05, 0) is 46.0 Å². The number of hydrogen-bond acceptors (Lipinski definition) is 4. The van der Waals surface area contributed by atoms with Crippen LogP contribution < -0.4 is 5.32 Å². The fourth-order valence-electron chi connectivity index (χ4n) is 3.17. The molecule has 2 atom stereocenters. The van der Waals surface area contributed by atoms with Crippen molar-refractivity contribution in [2.24, 2.45) is 0 Å². The molecule has 1 aromatic heterocycles. The van der Waals surface area contributed by atoms with Crippen molar-refractivity contribution in [2.75, 3.05) is 6.61 Å². The van der Waals surface area contributed by atoms with Crippen molar-refractivity contribution >= 4 is 0 Å². The molecular formula is C13H22N4O. The number of nitrogens with zero attached hydrogens (tertiary/aromatic N) is 3. The van der Waals surface area contributed by atoms with Crippen LogP contribution in [0.4, 0.5) is 0 Å². The lowest BCUT2D eigenvalue weighted by Crippen LogP contribution is -2.47. The van der Waals surface area contributed by atoms with Crippen molar-refractivity contribution < 1.29 is 5.11 Å². The lowest BCUT2D eigenvalue weighted by molar-refractivity contribution is 0.158. The average Bonchev–Trinajstić information content (AvgIpc) is 2.93. The van der Waals surface area contributed by atoms with Gasteiger partial charge in [-0.25, -0.2) is 9.67 Å². The molecule has 2 N–H and O–H groups in total. The van der Waals surface area contributed by atoms with Gasteiger partial charge in [0.05, 0.1) is 12.6 Å². The number of aliphatic hydroxyl groups is 1. The van der Waals surface area contributed by atoms with E-state index in [0.29, 0.717) is 12.1 Å². The Morgan fingerprint density at radius 1 is 1.39 bits per heavy atom. The Bertz CT molecular complexity index is 440. The van der Waals surface area contributed by atoms with E-state index in [4.69, 9.17) is 0 Å². The largest absolute Gasteiger partial charge is 0.394 e. The third-order valence-corrected chi connectivity index (χ3v) is 4.23. The topological polar surface area (TPSA) is 63.0 Å². The number of aromatic nitrogens is 3. The van der Waals surface area contributed by atoms with E-state index >= 15 is 0 Å². The molecule has 0 aliphatic heterocycles. The Morgan fingerprint density at radius 3 is 2.72 bits per heavy atom. The predicted molar refractivity (Wildman–Crippen MR) is 68.4 cm³/mol. The standard InChI is InChI=1S/C13H22N4O/c1-9-14-10(2)17(16-9)12-5-6-13(7-12,8-18)15-11-3-4-11/h11-12,15,18H,3-8H2,1-2H3. The highest BCUT2D eigenvalue weighted by molar-refractivity contribution is 5.03. The highest BCUT2D eigenvalue weighted by atomic mass is 16.3. The van der Waals surface area contributed by atoms with E-state index in [2.05, 4.69) is 15.4 Å². The first-order valence-corrected chi connectivity index (χ1v) is 6.90. The molecule has 100 valence electrons. The van der Waals surface area contributed by atoms with Gasteiger partial charge in [-0.15, -0.1) is 0 Å². The maximum atomic E-state index is 9.72. The predicted octanol–water partition coefficient (Wildman–Crippen LogP) is 1.10. The number of aryl methyl sites for hydroxylation is 2. The molecule has 2 unspecified atom stereocenters. The Labute approximate surface area is 108 Å². The highest BCUT2D eigenvalue weighted by Gasteiger charge is 2.43. The maximum absolute atomic E-state index is 9.72. The number of hydrogen-bond donors (Lipinski definition) is 2. The molecule has 1 heterocycles. The average molecular weight is 250 g/mol. The van der Waals surface area contributed by atoms with E-state index in [9.17, 15) is 5.11 Å². The summed E-state index contributed by atoms with van der Waals surface area (Å²) < 4.78 is 2.04. The fraction of sp³-hybridized carbons (Fsp3) is 0.846. The van der Waals surface area contributed by atoms with Crippen molar-refractivity contribution in [1.29, 1.82) is 0 Å². The van der Waals surface area contributed by atoms with E-state index in [1.54, 1.807) is 0 Å². The zero-order valence-electron chi connectivity index (χ0n) is 11.2. The maximum Gasteiger partial charge on any atom is 0.147 e. The van der Waals surface area contributed by atoms with Gasteiger partial charge in [0.25, 0.3) is 0 Å². The van der Waals surface area contributed by atoms with Crippen LogP contribution in [0.25, 0.3) is 0 Å². The highest BCUT2D eigenvalue weighted by Crippen LogP contribution is 2.39. The van der Waals surface area contributed by atoms with Crippen molar-refractivity contribution in [3.63, 3.8) is 0 Å². The first kappa shape index (κ1) is 12.1. The van der Waals surface area contributed by atoms with Crippen molar-refractivity contribution in [1.82, 2.24) is 20.1 Å². The smallest absolute Gasteiger partial charge is 0.147 e. The Balaban J connectivity index is 1.74. The summed E-state index contributed by atoms with van der Waals surface area (Å²) in [6.07, 6.45) is 5.58. The summed E-state index contributed by atoms with van der Waals surface area (Å²) in [7, 11) is 0. The zero-order chi connectivity index (χ0) is 12.8. The van der Waals surface area contributed by atoms with Crippen LogP contribution in [0.15, 0.2) is 0 Å². The second kappa shape index (κ2) is 4.31. The molecule has 2 fully saturated rings. The van der Waals surface area contributed by atoms with E-state index in [1.807, 2.05) is 18.5 Å². The summed E-state index contributed by atoms with van der Waals surface area (Å²) >= 11 is 0. The van der Waals surface area contributed by atoms with Crippen LogP contribution in [-0.4, -0.2) is 38.1 Å². The van der Waals surface area contributed by atoms with Gasteiger partial charge in [0.2, 0.25) is 0 Å². The SMILES string of the molecule is Cc1nc(C)n(C2CCC(CO)(NC3CC3)C2)n1. The Hall–Kier alpha value is -0.940. The lowest BCUT2D eigenvalue weighted by atomic mass is 9.98. The minimum atomic E-state index is -0.0852. The first-order valence-electron chi connectivity index (χ1n) is 6.90. The quantitative estimate of drug-likeness (QED) is 0.840. The molecular weight excluding hydrogens is 228 g/mol. The van der Waals surface area contributed by atoms with Crippen LogP contribution in [0.2, 0.25) is 0 Å². The molecule has 0 spiro atoms. The van der Waals surface area contributed by atoms with Crippen molar-refractivity contribution in [3.8, 4) is 0 Å². The summed E-state index contributed by atoms with van der Waals surface area (Å²) in [6.45, 7) is 4.17. The molecule has 5 nitrogen and oxygen atoms in total. The molecule has 0 radical (unpaired) electrons. The van der Waals surface area contributed by atoms with Gasteiger partial charge >= 0.3 is 0 Å². The third-order valence-electron chi connectivity index (χ3n) is 4.23. The van der Waals surface area contributed by atoms with Gasteiger partial charge < -0.3 is 10.4 Å². The molecule has 5 heteroatoms. The summed E-state index contributed by atoms with van der Waals surface area (Å²) in [5.74, 6) is 1.82. The molecule has 1 aromatic rings. The van der Waals surface area contributed by atoms with E-state index in [0.717, 1.165) is 30.9 Å². The lowest BCUT2D eigenvalue weighted by Gasteiger charge is -2.28. The van der Waals surface area contributed by atoms with Crippen molar-refractivity contribution in [2.45, 2.75) is 63.6 Å². The summed E-state index contributed by atoms with van der Waals surface area (Å²) in [4.78, 5) is 4.37. The molecule has 0 aromatic carbocycles. The zero-order valence-corrected chi connectivity index (χ0v) is 11.2. The van der Waals surface area contributed by atoms with E-state index in [-0.39, 0.29) is 12.1 Å². The molecule has 0 amide bonds. The van der Waals surface area contributed by atoms with Gasteiger partial charge in [0, 0.05) is 11.6 Å². The summed E-state index contributed by atoms with van der Waals surface area (Å²) in [6, 6.07) is 1.01. The first-order chi connectivity index (χ1) is 8.62. The molecule has 2 aliphatic rings. The van der Waals surface area contributed by atoms with Gasteiger partial charge in [-0.3, -0.25) is 0 Å². The van der Waals surface area contributed by atoms with Gasteiger partial charge in [-0.1, -0.05) is 0 Å². The third kappa shape index (κ3) is 2.17. The normalized spacial score (nSPS) is 32.1. The van der Waals surface area contributed by atoms with Crippen LogP contribution in [0.1, 0.15) is 49.8 Å². The van der Waals surface area contributed by atoms with Crippen LogP contribution in [0.5, 0.6) is 0 Å². The van der Waals surface area contributed by atoms with Gasteiger partial charge in [0.1, 0.15) is 11.6 Å². The number of aliphatic hydroxyl groups excluding tert-OH is 1. The van der Waals surface area contributed by atoms with Crippen LogP contribution in [0, 0.1) is 13.8 Å².